The third kappa shape index (κ3) is 7.57. The van der Waals surface area contributed by atoms with E-state index in [0.717, 1.165) is 37.3 Å². The lowest BCUT2D eigenvalue weighted by atomic mass is 10.0. The van der Waals surface area contributed by atoms with Gasteiger partial charge in [-0.15, -0.1) is 0 Å². The van der Waals surface area contributed by atoms with Gasteiger partial charge in [0.25, 0.3) is 0 Å². The lowest BCUT2D eigenvalue weighted by molar-refractivity contribution is 0.242. The monoisotopic (exact) mass is 413 g/mol. The van der Waals surface area contributed by atoms with Gasteiger partial charge >= 0.3 is 0 Å². The highest BCUT2D eigenvalue weighted by molar-refractivity contribution is 5.42. The minimum atomic E-state index is 0.612. The highest BCUT2D eigenvalue weighted by Gasteiger charge is 2.24. The highest BCUT2D eigenvalue weighted by atomic mass is 15.2. The molecule has 0 spiro atoms. The molecule has 3 heterocycles. The summed E-state index contributed by atoms with van der Waals surface area (Å²) in [6.45, 7) is 12.5. The molecule has 0 aromatic carbocycles. The fourth-order valence-electron chi connectivity index (χ4n) is 4.73. The number of nitrogens with zero attached hydrogens (tertiary/aromatic N) is 4. The van der Waals surface area contributed by atoms with E-state index in [1.165, 1.54) is 76.5 Å². The molecule has 2 atom stereocenters. The van der Waals surface area contributed by atoms with Gasteiger partial charge in [0.2, 0.25) is 5.95 Å². The van der Waals surface area contributed by atoms with Crippen LogP contribution in [0.3, 0.4) is 0 Å². The average Bonchev–Trinajstić information content (AvgIpc) is 3.00. The summed E-state index contributed by atoms with van der Waals surface area (Å²) in [4.78, 5) is 14.4. The molecule has 2 aliphatic heterocycles. The molecule has 2 unspecified atom stereocenters. The Morgan fingerprint density at radius 1 is 1.13 bits per heavy atom. The average molecular weight is 414 g/mol. The summed E-state index contributed by atoms with van der Waals surface area (Å²) in [7, 11) is 0. The van der Waals surface area contributed by atoms with Crippen LogP contribution in [0.2, 0.25) is 0 Å². The summed E-state index contributed by atoms with van der Waals surface area (Å²) in [6, 6.07) is 2.68. The first-order valence-corrected chi connectivity index (χ1v) is 12.3. The standard InChI is InChI=1S/C25H43N5/c1-21(2)10-8-11-22(3)14-19-29-18-9-12-23(29)20-27-25-26-15-13-24(28-25)30-16-6-4-5-7-17-30/h10,13,15,22-23H,4-9,11-12,14,16-20H2,1-3H3,(H,26,27,28). The predicted molar refractivity (Wildman–Crippen MR) is 128 cm³/mol. The SMILES string of the molecule is CC(C)=CCCC(C)CCN1CCCC1CNc1nccc(N2CCCCCC2)n1. The summed E-state index contributed by atoms with van der Waals surface area (Å²) in [5.74, 6) is 2.67. The number of aromatic nitrogens is 2. The zero-order chi connectivity index (χ0) is 21.2. The topological polar surface area (TPSA) is 44.3 Å². The van der Waals surface area contributed by atoms with E-state index in [-0.39, 0.29) is 0 Å². The molecule has 5 heteroatoms. The second kappa shape index (κ2) is 12.3. The molecule has 0 bridgehead atoms. The van der Waals surface area contributed by atoms with E-state index in [0.29, 0.717) is 6.04 Å². The molecule has 1 aromatic rings. The predicted octanol–water partition coefficient (Wildman–Crippen LogP) is 5.51. The quantitative estimate of drug-likeness (QED) is 0.513. The Kier molecular flexibility index (Phi) is 9.44. The molecule has 0 aliphatic carbocycles. The molecule has 2 saturated heterocycles. The van der Waals surface area contributed by atoms with Crippen molar-refractivity contribution in [2.45, 2.75) is 84.6 Å². The number of likely N-dealkylation sites (tertiary alicyclic amines) is 1. The van der Waals surface area contributed by atoms with Crippen molar-refractivity contribution in [1.29, 1.82) is 0 Å². The highest BCUT2D eigenvalue weighted by Crippen LogP contribution is 2.22. The van der Waals surface area contributed by atoms with Crippen LogP contribution in [0.1, 0.15) is 78.6 Å². The zero-order valence-corrected chi connectivity index (χ0v) is 19.6. The number of anilines is 2. The number of nitrogens with one attached hydrogen (secondary N) is 1. The maximum absolute atomic E-state index is 4.83. The van der Waals surface area contributed by atoms with Crippen molar-refractivity contribution in [2.75, 3.05) is 42.9 Å². The van der Waals surface area contributed by atoms with Gasteiger partial charge in [0.05, 0.1) is 0 Å². The molecule has 3 rings (SSSR count). The minimum absolute atomic E-state index is 0.612. The Bertz CT molecular complexity index is 647. The van der Waals surface area contributed by atoms with Gasteiger partial charge in [-0.1, -0.05) is 31.4 Å². The largest absolute Gasteiger partial charge is 0.356 e. The van der Waals surface area contributed by atoms with E-state index in [1.54, 1.807) is 0 Å². The van der Waals surface area contributed by atoms with Crippen LogP contribution in [0.4, 0.5) is 11.8 Å². The maximum Gasteiger partial charge on any atom is 0.224 e. The Labute approximate surface area is 184 Å². The van der Waals surface area contributed by atoms with Crippen LogP contribution < -0.4 is 10.2 Å². The Morgan fingerprint density at radius 3 is 2.70 bits per heavy atom. The lowest BCUT2D eigenvalue weighted by Crippen LogP contribution is -2.36. The van der Waals surface area contributed by atoms with Crippen molar-refractivity contribution in [3.63, 3.8) is 0 Å². The van der Waals surface area contributed by atoms with E-state index in [1.807, 2.05) is 6.20 Å². The van der Waals surface area contributed by atoms with Crippen molar-refractivity contribution in [2.24, 2.45) is 5.92 Å². The fourth-order valence-corrected chi connectivity index (χ4v) is 4.73. The number of hydrogen-bond acceptors (Lipinski definition) is 5. The normalized spacial score (nSPS) is 21.3. The summed E-state index contributed by atoms with van der Waals surface area (Å²) >= 11 is 0. The van der Waals surface area contributed by atoms with Crippen LogP contribution in [0.15, 0.2) is 23.9 Å². The van der Waals surface area contributed by atoms with Crippen molar-refractivity contribution >= 4 is 11.8 Å². The number of rotatable bonds is 10. The first-order chi connectivity index (χ1) is 14.6. The van der Waals surface area contributed by atoms with Gasteiger partial charge in [0.1, 0.15) is 5.82 Å². The molecule has 168 valence electrons. The summed E-state index contributed by atoms with van der Waals surface area (Å²) in [5, 5.41) is 3.55. The van der Waals surface area contributed by atoms with Gasteiger partial charge in [-0.2, -0.15) is 4.98 Å². The molecule has 2 fully saturated rings. The van der Waals surface area contributed by atoms with Crippen LogP contribution >= 0.6 is 0 Å². The van der Waals surface area contributed by atoms with Crippen molar-refractivity contribution < 1.29 is 0 Å². The van der Waals surface area contributed by atoms with Crippen molar-refractivity contribution in [3.05, 3.63) is 23.9 Å². The van der Waals surface area contributed by atoms with Gasteiger partial charge in [-0.05, 0) is 83.9 Å². The van der Waals surface area contributed by atoms with Gasteiger partial charge in [-0.25, -0.2) is 4.98 Å². The van der Waals surface area contributed by atoms with E-state index in [4.69, 9.17) is 4.98 Å². The Hall–Kier alpha value is -1.62. The van der Waals surface area contributed by atoms with Gasteiger partial charge < -0.3 is 10.2 Å². The summed E-state index contributed by atoms with van der Waals surface area (Å²) in [5.41, 5.74) is 1.44. The molecule has 5 nitrogen and oxygen atoms in total. The molecule has 0 saturated carbocycles. The Balaban J connectivity index is 1.44. The molecule has 0 radical (unpaired) electrons. The summed E-state index contributed by atoms with van der Waals surface area (Å²) < 4.78 is 0. The zero-order valence-electron chi connectivity index (χ0n) is 19.6. The van der Waals surface area contributed by atoms with Gasteiger partial charge in [0.15, 0.2) is 0 Å². The van der Waals surface area contributed by atoms with Crippen LogP contribution in [-0.4, -0.2) is 53.6 Å². The smallest absolute Gasteiger partial charge is 0.224 e. The first kappa shape index (κ1) is 23.1. The number of allylic oxidation sites excluding steroid dienone is 2. The molecule has 1 aromatic heterocycles. The minimum Gasteiger partial charge on any atom is -0.356 e. The van der Waals surface area contributed by atoms with Crippen molar-refractivity contribution in [3.8, 4) is 0 Å². The second-order valence-corrected chi connectivity index (χ2v) is 9.61. The molecule has 1 N–H and O–H groups in total. The molecule has 2 aliphatic rings. The Morgan fingerprint density at radius 2 is 1.93 bits per heavy atom. The van der Waals surface area contributed by atoms with Crippen LogP contribution in [0, 0.1) is 5.92 Å². The van der Waals surface area contributed by atoms with E-state index in [9.17, 15) is 0 Å². The van der Waals surface area contributed by atoms with E-state index in [2.05, 4.69) is 53.0 Å². The van der Waals surface area contributed by atoms with Gasteiger partial charge in [0, 0.05) is 31.9 Å². The summed E-state index contributed by atoms with van der Waals surface area (Å²) in [6.07, 6.45) is 15.9. The lowest BCUT2D eigenvalue weighted by Gasteiger charge is -2.26. The van der Waals surface area contributed by atoms with E-state index < -0.39 is 0 Å². The van der Waals surface area contributed by atoms with Crippen molar-refractivity contribution in [1.82, 2.24) is 14.9 Å². The van der Waals surface area contributed by atoms with Gasteiger partial charge in [-0.3, -0.25) is 4.90 Å². The van der Waals surface area contributed by atoms with Crippen LogP contribution in [0.5, 0.6) is 0 Å². The third-order valence-electron chi connectivity index (χ3n) is 6.69. The van der Waals surface area contributed by atoms with Crippen LogP contribution in [0.25, 0.3) is 0 Å². The first-order valence-electron chi connectivity index (χ1n) is 12.3. The molecular formula is C25H43N5. The molecule has 30 heavy (non-hydrogen) atoms. The third-order valence-corrected chi connectivity index (χ3v) is 6.69. The molecule has 0 amide bonds. The van der Waals surface area contributed by atoms with E-state index >= 15 is 0 Å². The molecular weight excluding hydrogens is 370 g/mol. The van der Waals surface area contributed by atoms with Crippen LogP contribution in [-0.2, 0) is 0 Å². The maximum atomic E-state index is 4.83. The number of hydrogen-bond donors (Lipinski definition) is 1. The second-order valence-electron chi connectivity index (χ2n) is 9.61. The fraction of sp³-hybridized carbons (Fsp3) is 0.760.